The number of carbonyl (C=O) groups is 1. The Morgan fingerprint density at radius 1 is 1.29 bits per heavy atom. The molecule has 1 aromatic rings. The molecule has 1 fully saturated rings. The number of cyclic esters (lactones) is 1. The molecule has 0 aliphatic carbocycles. The molecule has 1 heterocycles. The lowest BCUT2D eigenvalue weighted by Crippen LogP contribution is -2.46. The summed E-state index contributed by atoms with van der Waals surface area (Å²) in [5, 5.41) is 2.67. The summed E-state index contributed by atoms with van der Waals surface area (Å²) in [6.45, 7) is 4.04. The molecule has 0 radical (unpaired) electrons. The number of amides is 1. The quantitative estimate of drug-likeness (QED) is 0.899. The highest BCUT2D eigenvalue weighted by atomic mass is 35.5. The van der Waals surface area contributed by atoms with Crippen LogP contribution in [0.3, 0.4) is 0 Å². The van der Waals surface area contributed by atoms with Crippen LogP contribution >= 0.6 is 12.4 Å². The maximum Gasteiger partial charge on any atom is 0.573 e. The largest absolute Gasteiger partial charge is 0.573 e. The Labute approximate surface area is 126 Å². The van der Waals surface area contributed by atoms with Gasteiger partial charge in [-0.05, 0) is 17.7 Å². The second-order valence-corrected chi connectivity index (χ2v) is 5.26. The summed E-state index contributed by atoms with van der Waals surface area (Å²) in [6, 6.07) is 5.11. The van der Waals surface area contributed by atoms with Gasteiger partial charge >= 0.3 is 12.5 Å². The van der Waals surface area contributed by atoms with Crippen LogP contribution in [0, 0.1) is 5.41 Å². The van der Waals surface area contributed by atoms with E-state index in [1.165, 1.54) is 24.3 Å². The molecule has 1 atom stereocenters. The number of rotatable bonds is 2. The van der Waals surface area contributed by atoms with Gasteiger partial charge in [-0.2, -0.15) is 0 Å². The van der Waals surface area contributed by atoms with Gasteiger partial charge in [-0.25, -0.2) is 4.79 Å². The average molecular weight is 326 g/mol. The van der Waals surface area contributed by atoms with Gasteiger partial charge in [-0.15, -0.1) is 25.6 Å². The highest BCUT2D eigenvalue weighted by molar-refractivity contribution is 5.85. The van der Waals surface area contributed by atoms with Gasteiger partial charge in [0.25, 0.3) is 0 Å². The number of carbonyl (C=O) groups excluding carboxylic acids is 1. The standard InChI is InChI=1S/C13H14F3NO3.ClH/c1-12(2)7-19-11(18)17-10(12)8-3-5-9(6-4-8)20-13(14,15)16;/h3-6,10H,7H2,1-2H3,(H,17,18);1H/t10-;/m1./s1. The zero-order chi connectivity index (χ0) is 15.0. The highest BCUT2D eigenvalue weighted by Crippen LogP contribution is 2.37. The summed E-state index contributed by atoms with van der Waals surface area (Å²) in [5.41, 5.74) is 0.335. The van der Waals surface area contributed by atoms with Crippen molar-refractivity contribution in [2.45, 2.75) is 26.3 Å². The van der Waals surface area contributed by atoms with Crippen LogP contribution in [0.25, 0.3) is 0 Å². The van der Waals surface area contributed by atoms with Crippen molar-refractivity contribution in [1.29, 1.82) is 0 Å². The Kier molecular flexibility index (Phi) is 4.99. The number of hydrogen-bond acceptors (Lipinski definition) is 3. The minimum Gasteiger partial charge on any atom is -0.449 e. The molecule has 1 aromatic carbocycles. The van der Waals surface area contributed by atoms with E-state index in [2.05, 4.69) is 10.1 Å². The van der Waals surface area contributed by atoms with Crippen molar-refractivity contribution < 1.29 is 27.4 Å². The Balaban J connectivity index is 0.00000220. The van der Waals surface area contributed by atoms with Crippen molar-refractivity contribution in [3.05, 3.63) is 29.8 Å². The molecule has 0 spiro atoms. The number of halogens is 4. The normalized spacial score (nSPS) is 20.8. The van der Waals surface area contributed by atoms with Gasteiger partial charge in [-0.3, -0.25) is 0 Å². The fourth-order valence-corrected chi connectivity index (χ4v) is 2.09. The summed E-state index contributed by atoms with van der Waals surface area (Å²) >= 11 is 0. The molecule has 0 saturated carbocycles. The van der Waals surface area contributed by atoms with Gasteiger partial charge in [0, 0.05) is 5.41 Å². The molecule has 2 rings (SSSR count). The van der Waals surface area contributed by atoms with E-state index in [0.717, 1.165) is 0 Å². The Hall–Kier alpha value is -1.63. The lowest BCUT2D eigenvalue weighted by Gasteiger charge is -2.38. The van der Waals surface area contributed by atoms with E-state index in [0.29, 0.717) is 5.56 Å². The lowest BCUT2D eigenvalue weighted by molar-refractivity contribution is -0.274. The van der Waals surface area contributed by atoms with Crippen LogP contribution in [-0.4, -0.2) is 19.1 Å². The van der Waals surface area contributed by atoms with Crippen LogP contribution in [-0.2, 0) is 4.74 Å². The van der Waals surface area contributed by atoms with Crippen molar-refractivity contribution >= 4 is 18.5 Å². The Bertz CT molecular complexity index is 502. The number of ether oxygens (including phenoxy) is 2. The molecule has 1 amide bonds. The number of nitrogens with one attached hydrogen (secondary N) is 1. The molecule has 0 aromatic heterocycles. The first-order valence-corrected chi connectivity index (χ1v) is 5.96. The zero-order valence-corrected chi connectivity index (χ0v) is 12.2. The van der Waals surface area contributed by atoms with E-state index in [-0.39, 0.29) is 36.2 Å². The van der Waals surface area contributed by atoms with E-state index >= 15 is 0 Å². The monoisotopic (exact) mass is 325 g/mol. The summed E-state index contributed by atoms with van der Waals surface area (Å²) in [7, 11) is 0. The molecule has 0 bridgehead atoms. The molecule has 1 N–H and O–H groups in total. The Morgan fingerprint density at radius 2 is 1.86 bits per heavy atom. The van der Waals surface area contributed by atoms with Crippen LogP contribution in [0.4, 0.5) is 18.0 Å². The second kappa shape index (κ2) is 6.01. The maximum atomic E-state index is 12.1. The van der Waals surface area contributed by atoms with Gasteiger partial charge in [0.1, 0.15) is 12.4 Å². The fraction of sp³-hybridized carbons (Fsp3) is 0.462. The third kappa shape index (κ3) is 4.42. The first kappa shape index (κ1) is 17.4. The molecule has 0 unspecified atom stereocenters. The Morgan fingerprint density at radius 3 is 2.38 bits per heavy atom. The van der Waals surface area contributed by atoms with E-state index in [1.54, 1.807) is 0 Å². The van der Waals surface area contributed by atoms with Gasteiger partial charge < -0.3 is 14.8 Å². The van der Waals surface area contributed by atoms with E-state index in [4.69, 9.17) is 4.74 Å². The molecule has 4 nitrogen and oxygen atoms in total. The summed E-state index contributed by atoms with van der Waals surface area (Å²) in [6.07, 6.45) is -5.25. The number of alkyl halides is 3. The number of benzene rings is 1. The molecular weight excluding hydrogens is 311 g/mol. The van der Waals surface area contributed by atoms with E-state index in [1.807, 2.05) is 13.8 Å². The predicted octanol–water partition coefficient (Wildman–Crippen LogP) is 3.81. The first-order valence-electron chi connectivity index (χ1n) is 5.96. The molecule has 118 valence electrons. The average Bonchev–Trinajstić information content (AvgIpc) is 2.32. The first-order chi connectivity index (χ1) is 9.17. The van der Waals surface area contributed by atoms with Crippen LogP contribution in [0.15, 0.2) is 24.3 Å². The van der Waals surface area contributed by atoms with Crippen molar-refractivity contribution in [3.8, 4) is 5.75 Å². The maximum absolute atomic E-state index is 12.1. The van der Waals surface area contributed by atoms with Crippen molar-refractivity contribution in [2.24, 2.45) is 5.41 Å². The minimum absolute atomic E-state index is 0. The predicted molar refractivity (Wildman–Crippen MR) is 71.4 cm³/mol. The summed E-state index contributed by atoms with van der Waals surface area (Å²) < 4.78 is 44.9. The molecule has 1 aliphatic heterocycles. The fourth-order valence-electron chi connectivity index (χ4n) is 2.09. The number of hydrogen-bond donors (Lipinski definition) is 1. The van der Waals surface area contributed by atoms with Gasteiger partial charge in [-0.1, -0.05) is 26.0 Å². The molecule has 21 heavy (non-hydrogen) atoms. The van der Waals surface area contributed by atoms with Gasteiger partial charge in [0.05, 0.1) is 6.04 Å². The third-order valence-electron chi connectivity index (χ3n) is 3.07. The SMILES string of the molecule is CC1(C)COC(=O)N[C@@H]1c1ccc(OC(F)(F)F)cc1.Cl. The zero-order valence-electron chi connectivity index (χ0n) is 11.4. The molecule has 1 saturated heterocycles. The van der Waals surface area contributed by atoms with Gasteiger partial charge in [0.2, 0.25) is 0 Å². The highest BCUT2D eigenvalue weighted by Gasteiger charge is 2.38. The van der Waals surface area contributed by atoms with E-state index in [9.17, 15) is 18.0 Å². The molecular formula is C13H15ClF3NO3. The second-order valence-electron chi connectivity index (χ2n) is 5.26. The van der Waals surface area contributed by atoms with Crippen molar-refractivity contribution in [1.82, 2.24) is 5.32 Å². The van der Waals surface area contributed by atoms with Crippen LogP contribution in [0.5, 0.6) is 5.75 Å². The summed E-state index contributed by atoms with van der Waals surface area (Å²) in [4.78, 5) is 11.3. The van der Waals surface area contributed by atoms with Crippen LogP contribution in [0.1, 0.15) is 25.5 Å². The van der Waals surface area contributed by atoms with Gasteiger partial charge in [0.15, 0.2) is 0 Å². The molecule has 1 aliphatic rings. The lowest BCUT2D eigenvalue weighted by atomic mass is 9.80. The number of alkyl carbamates (subject to hydrolysis) is 1. The van der Waals surface area contributed by atoms with Crippen LogP contribution < -0.4 is 10.1 Å². The van der Waals surface area contributed by atoms with Crippen molar-refractivity contribution in [2.75, 3.05) is 6.61 Å². The summed E-state index contributed by atoms with van der Waals surface area (Å²) in [5.74, 6) is -0.294. The third-order valence-corrected chi connectivity index (χ3v) is 3.07. The van der Waals surface area contributed by atoms with Crippen molar-refractivity contribution in [3.63, 3.8) is 0 Å². The minimum atomic E-state index is -4.71. The molecule has 8 heteroatoms. The van der Waals surface area contributed by atoms with Crippen LogP contribution in [0.2, 0.25) is 0 Å². The van der Waals surface area contributed by atoms with E-state index < -0.39 is 12.5 Å². The smallest absolute Gasteiger partial charge is 0.449 e. The topological polar surface area (TPSA) is 47.6 Å².